The molecule has 4 bridgehead atoms. The molecule has 0 saturated heterocycles. The van der Waals surface area contributed by atoms with Crippen LogP contribution >= 0.6 is 0 Å². The minimum atomic E-state index is -0.394. The summed E-state index contributed by atoms with van der Waals surface area (Å²) in [7, 11) is 0. The second-order valence-electron chi connectivity index (χ2n) is 9.56. The Morgan fingerprint density at radius 1 is 1.20 bits per heavy atom. The number of nitriles is 1. The molecule has 0 atom stereocenters. The maximum atomic E-state index is 13.1. The monoisotopic (exact) mass is 413 g/mol. The zero-order valence-electron chi connectivity index (χ0n) is 18.0. The van der Waals surface area contributed by atoms with Crippen LogP contribution in [0.5, 0.6) is 0 Å². The lowest BCUT2D eigenvalue weighted by Crippen LogP contribution is -2.62. The van der Waals surface area contributed by atoms with Gasteiger partial charge < -0.3 is 14.2 Å². The first-order chi connectivity index (χ1) is 14.4. The Hall–Kier alpha value is -2.36. The topological polar surface area (TPSA) is 96.4 Å². The zero-order valence-corrected chi connectivity index (χ0v) is 18.0. The standard InChI is InChI=1S/C23H31N3O4/c1-15-20(16(2)30-25-15)4-5-22(28)29-14-21(27)26(7-3-6-24)23-11-17-8-18(12-23)10-19(9-17)13-23/h17-19H,3-5,7-14H2,1-2H3. The molecule has 162 valence electrons. The van der Waals surface area contributed by atoms with E-state index in [0.717, 1.165) is 30.5 Å². The molecule has 1 aromatic heterocycles. The molecule has 4 aliphatic rings. The van der Waals surface area contributed by atoms with Gasteiger partial charge in [0.1, 0.15) is 5.76 Å². The van der Waals surface area contributed by atoms with Crippen molar-refractivity contribution < 1.29 is 18.8 Å². The van der Waals surface area contributed by atoms with E-state index in [2.05, 4.69) is 11.2 Å². The lowest BCUT2D eigenvalue weighted by molar-refractivity contribution is -0.162. The van der Waals surface area contributed by atoms with Crippen LogP contribution in [-0.4, -0.2) is 40.6 Å². The molecule has 5 rings (SSSR count). The van der Waals surface area contributed by atoms with Crippen molar-refractivity contribution in [2.45, 2.75) is 77.2 Å². The zero-order chi connectivity index (χ0) is 21.3. The number of carbonyl (C=O) groups is 2. The number of nitrogens with zero attached hydrogens (tertiary/aromatic N) is 3. The summed E-state index contributed by atoms with van der Waals surface area (Å²) < 4.78 is 10.5. The predicted octanol–water partition coefficient (Wildman–Crippen LogP) is 3.48. The van der Waals surface area contributed by atoms with Crippen molar-refractivity contribution in [1.29, 1.82) is 5.26 Å². The molecule has 0 aliphatic heterocycles. The van der Waals surface area contributed by atoms with E-state index in [0.29, 0.717) is 42.9 Å². The summed E-state index contributed by atoms with van der Waals surface area (Å²) in [5.41, 5.74) is 1.56. The molecule has 0 N–H and O–H groups in total. The largest absolute Gasteiger partial charge is 0.456 e. The molecular weight excluding hydrogens is 382 g/mol. The molecular formula is C23H31N3O4. The van der Waals surface area contributed by atoms with Crippen LogP contribution in [0.1, 0.15) is 68.4 Å². The Bertz CT molecular complexity index is 798. The fourth-order valence-corrected chi connectivity index (χ4v) is 6.56. The van der Waals surface area contributed by atoms with Crippen LogP contribution in [0.15, 0.2) is 4.52 Å². The van der Waals surface area contributed by atoms with Gasteiger partial charge in [-0.05, 0) is 76.5 Å². The Balaban J connectivity index is 1.36. The third kappa shape index (κ3) is 4.10. The molecule has 1 aromatic rings. The fourth-order valence-electron chi connectivity index (χ4n) is 6.56. The Morgan fingerprint density at radius 2 is 1.83 bits per heavy atom. The average molecular weight is 414 g/mol. The van der Waals surface area contributed by atoms with Crippen LogP contribution in [0.4, 0.5) is 0 Å². The van der Waals surface area contributed by atoms with Crippen LogP contribution in [0.3, 0.4) is 0 Å². The highest BCUT2D eigenvalue weighted by Gasteiger charge is 2.54. The van der Waals surface area contributed by atoms with Crippen LogP contribution in [0.2, 0.25) is 0 Å². The Morgan fingerprint density at radius 3 is 2.37 bits per heavy atom. The van der Waals surface area contributed by atoms with Gasteiger partial charge in [-0.15, -0.1) is 0 Å². The van der Waals surface area contributed by atoms with E-state index >= 15 is 0 Å². The summed E-state index contributed by atoms with van der Waals surface area (Å²) in [5.74, 6) is 2.26. The van der Waals surface area contributed by atoms with Gasteiger partial charge in [-0.2, -0.15) is 5.26 Å². The number of amides is 1. The predicted molar refractivity (Wildman–Crippen MR) is 108 cm³/mol. The van der Waals surface area contributed by atoms with Gasteiger partial charge in [-0.3, -0.25) is 9.59 Å². The molecule has 1 amide bonds. The minimum Gasteiger partial charge on any atom is -0.456 e. The number of carbonyl (C=O) groups excluding carboxylic acids is 2. The first-order valence-electron chi connectivity index (χ1n) is 11.1. The third-order valence-electron chi connectivity index (χ3n) is 7.44. The minimum absolute atomic E-state index is 0.133. The molecule has 7 heteroatoms. The maximum Gasteiger partial charge on any atom is 0.306 e. The SMILES string of the molecule is Cc1noc(C)c1CCC(=O)OCC(=O)N(CCC#N)C12CC3CC(CC(C3)C1)C2. The quantitative estimate of drug-likeness (QED) is 0.605. The molecule has 0 aromatic carbocycles. The second kappa shape index (κ2) is 8.41. The van der Waals surface area contributed by atoms with Crippen LogP contribution in [0.25, 0.3) is 0 Å². The Kier molecular flexibility index (Phi) is 5.86. The maximum absolute atomic E-state index is 13.1. The van der Waals surface area contributed by atoms with Crippen molar-refractivity contribution in [3.63, 3.8) is 0 Å². The van der Waals surface area contributed by atoms with Gasteiger partial charge in [-0.1, -0.05) is 5.16 Å². The smallest absolute Gasteiger partial charge is 0.306 e. The van der Waals surface area contributed by atoms with E-state index < -0.39 is 5.97 Å². The van der Waals surface area contributed by atoms with Crippen molar-refractivity contribution in [3.8, 4) is 6.07 Å². The van der Waals surface area contributed by atoms with Gasteiger partial charge in [-0.25, -0.2) is 0 Å². The van der Waals surface area contributed by atoms with Gasteiger partial charge in [0.25, 0.3) is 5.91 Å². The van der Waals surface area contributed by atoms with Crippen molar-refractivity contribution in [1.82, 2.24) is 10.1 Å². The van der Waals surface area contributed by atoms with E-state index in [1.165, 1.54) is 19.3 Å². The number of aromatic nitrogens is 1. The van der Waals surface area contributed by atoms with E-state index in [-0.39, 0.29) is 24.5 Å². The molecule has 30 heavy (non-hydrogen) atoms. The second-order valence-corrected chi connectivity index (χ2v) is 9.56. The van der Waals surface area contributed by atoms with Crippen LogP contribution in [0, 0.1) is 42.9 Å². The van der Waals surface area contributed by atoms with Gasteiger partial charge in [0.2, 0.25) is 0 Å². The first kappa shape index (κ1) is 20.9. The van der Waals surface area contributed by atoms with E-state index in [1.54, 1.807) is 0 Å². The first-order valence-corrected chi connectivity index (χ1v) is 11.1. The van der Waals surface area contributed by atoms with Gasteiger partial charge >= 0.3 is 5.97 Å². The Labute approximate surface area is 177 Å². The highest BCUT2D eigenvalue weighted by Crippen LogP contribution is 2.57. The number of aryl methyl sites for hydroxylation is 2. The van der Waals surface area contributed by atoms with Crippen LogP contribution in [-0.2, 0) is 20.7 Å². The van der Waals surface area contributed by atoms with Crippen molar-refractivity contribution in [2.24, 2.45) is 17.8 Å². The average Bonchev–Trinajstić information content (AvgIpc) is 3.01. The van der Waals surface area contributed by atoms with E-state index in [9.17, 15) is 9.59 Å². The number of hydrogen-bond donors (Lipinski definition) is 0. The summed E-state index contributed by atoms with van der Waals surface area (Å²) in [4.78, 5) is 27.3. The molecule has 0 unspecified atom stereocenters. The van der Waals surface area contributed by atoms with Crippen molar-refractivity contribution in [3.05, 3.63) is 17.0 Å². The highest BCUT2D eigenvalue weighted by atomic mass is 16.5. The molecule has 1 heterocycles. The highest BCUT2D eigenvalue weighted by molar-refractivity contribution is 5.81. The molecule has 0 spiro atoms. The normalized spacial score (nSPS) is 28.9. The summed E-state index contributed by atoms with van der Waals surface area (Å²) in [6, 6.07) is 2.18. The molecule has 4 fully saturated rings. The van der Waals surface area contributed by atoms with E-state index in [4.69, 9.17) is 14.5 Å². The van der Waals surface area contributed by atoms with Crippen molar-refractivity contribution in [2.75, 3.05) is 13.2 Å². The van der Waals surface area contributed by atoms with Crippen LogP contribution < -0.4 is 0 Å². The lowest BCUT2D eigenvalue weighted by Gasteiger charge is -2.60. The summed E-state index contributed by atoms with van der Waals surface area (Å²) >= 11 is 0. The lowest BCUT2D eigenvalue weighted by atomic mass is 9.52. The number of hydrogen-bond acceptors (Lipinski definition) is 6. The molecule has 7 nitrogen and oxygen atoms in total. The van der Waals surface area contributed by atoms with Gasteiger partial charge in [0, 0.05) is 24.1 Å². The van der Waals surface area contributed by atoms with E-state index in [1.807, 2.05) is 18.7 Å². The molecule has 4 saturated carbocycles. The number of ether oxygens (including phenoxy) is 1. The summed E-state index contributed by atoms with van der Waals surface area (Å²) in [6.07, 6.45) is 7.96. The molecule has 4 aliphatic carbocycles. The third-order valence-corrected chi connectivity index (χ3v) is 7.44. The van der Waals surface area contributed by atoms with Gasteiger partial charge in [0.15, 0.2) is 6.61 Å². The summed E-state index contributed by atoms with van der Waals surface area (Å²) in [5, 5.41) is 13.0. The van der Waals surface area contributed by atoms with Gasteiger partial charge in [0.05, 0.1) is 18.2 Å². The fraction of sp³-hybridized carbons (Fsp3) is 0.739. The number of esters is 1. The number of rotatable bonds is 8. The summed E-state index contributed by atoms with van der Waals surface area (Å²) in [6.45, 7) is 3.85. The van der Waals surface area contributed by atoms with Crippen molar-refractivity contribution >= 4 is 11.9 Å². The molecule has 0 radical (unpaired) electrons.